The Hall–Kier alpha value is -3.03. The molecule has 1 aromatic heterocycles. The number of para-hydroxylation sites is 1. The third-order valence-corrected chi connectivity index (χ3v) is 5.88. The molecule has 1 aromatic carbocycles. The summed E-state index contributed by atoms with van der Waals surface area (Å²) in [5.41, 5.74) is 2.20. The molecule has 1 aliphatic heterocycles. The Balaban J connectivity index is 1.48. The highest BCUT2D eigenvalue weighted by atomic mass is 16.5. The second kappa shape index (κ2) is 12.1. The molecule has 32 heavy (non-hydrogen) atoms. The maximum Gasteiger partial charge on any atom is 0.244 e. The fourth-order valence-corrected chi connectivity index (χ4v) is 3.92. The summed E-state index contributed by atoms with van der Waals surface area (Å²) in [6.45, 7) is 10.7. The first kappa shape index (κ1) is 23.6. The first-order valence-electron chi connectivity index (χ1n) is 11.7. The van der Waals surface area contributed by atoms with Crippen molar-refractivity contribution >= 4 is 17.6 Å². The molecule has 1 amide bonds. The zero-order valence-corrected chi connectivity index (χ0v) is 19.5. The first-order valence-corrected chi connectivity index (χ1v) is 11.7. The van der Waals surface area contributed by atoms with Crippen molar-refractivity contribution in [1.82, 2.24) is 20.7 Å². The van der Waals surface area contributed by atoms with Crippen LogP contribution in [-0.2, 0) is 11.3 Å². The van der Waals surface area contributed by atoms with Gasteiger partial charge in [-0.2, -0.15) is 0 Å². The topological polar surface area (TPSA) is 86.0 Å². The molecule has 0 spiro atoms. The third-order valence-electron chi connectivity index (χ3n) is 5.88. The number of hydrogen-bond acceptors (Lipinski definition) is 5. The van der Waals surface area contributed by atoms with Crippen molar-refractivity contribution in [2.45, 2.75) is 46.1 Å². The number of nitrogens with zero attached hydrogens (tertiary/aromatic N) is 4. The van der Waals surface area contributed by atoms with Gasteiger partial charge in [-0.15, -0.1) is 0 Å². The van der Waals surface area contributed by atoms with Crippen molar-refractivity contribution in [3.8, 4) is 0 Å². The average molecular weight is 441 g/mol. The van der Waals surface area contributed by atoms with Crippen LogP contribution in [0.2, 0.25) is 0 Å². The Kier molecular flexibility index (Phi) is 8.95. The van der Waals surface area contributed by atoms with Crippen LogP contribution in [0, 0.1) is 0 Å². The number of nitrogens with one attached hydrogen (secondary N) is 2. The number of rotatable bonds is 9. The van der Waals surface area contributed by atoms with Crippen molar-refractivity contribution in [3.05, 3.63) is 47.9 Å². The summed E-state index contributed by atoms with van der Waals surface area (Å²) in [5.74, 6) is 1.84. The third kappa shape index (κ3) is 6.48. The number of piperazine rings is 1. The molecule has 0 unspecified atom stereocenters. The van der Waals surface area contributed by atoms with Gasteiger partial charge in [0.1, 0.15) is 6.54 Å². The highest BCUT2D eigenvalue weighted by Gasteiger charge is 2.21. The van der Waals surface area contributed by atoms with Crippen LogP contribution in [0.1, 0.15) is 51.0 Å². The predicted molar refractivity (Wildman–Crippen MR) is 128 cm³/mol. The molecular weight excluding hydrogens is 404 g/mol. The first-order chi connectivity index (χ1) is 15.6. The minimum absolute atomic E-state index is 0.0469. The Bertz CT molecular complexity index is 854. The van der Waals surface area contributed by atoms with Gasteiger partial charge in [-0.3, -0.25) is 4.79 Å². The van der Waals surface area contributed by atoms with E-state index in [1.54, 1.807) is 0 Å². The molecule has 174 valence electrons. The van der Waals surface area contributed by atoms with Crippen LogP contribution >= 0.6 is 0 Å². The molecule has 0 radical (unpaired) electrons. The van der Waals surface area contributed by atoms with E-state index in [2.05, 4.69) is 51.7 Å². The maximum absolute atomic E-state index is 12.7. The van der Waals surface area contributed by atoms with Gasteiger partial charge in [0.05, 0.1) is 12.2 Å². The molecule has 0 bridgehead atoms. The van der Waals surface area contributed by atoms with Crippen molar-refractivity contribution < 1.29 is 9.32 Å². The number of guanidine groups is 1. The van der Waals surface area contributed by atoms with Crippen LogP contribution in [-0.4, -0.2) is 61.2 Å². The smallest absolute Gasteiger partial charge is 0.244 e. The van der Waals surface area contributed by atoms with Crippen molar-refractivity contribution in [3.63, 3.8) is 0 Å². The highest BCUT2D eigenvalue weighted by Crippen LogP contribution is 2.22. The number of aromatic nitrogens is 1. The monoisotopic (exact) mass is 440 g/mol. The Morgan fingerprint density at radius 1 is 1.09 bits per heavy atom. The number of benzene rings is 1. The molecule has 8 heteroatoms. The maximum atomic E-state index is 12.7. The van der Waals surface area contributed by atoms with Gasteiger partial charge in [0.15, 0.2) is 11.7 Å². The highest BCUT2D eigenvalue weighted by molar-refractivity contribution is 5.85. The van der Waals surface area contributed by atoms with Crippen molar-refractivity contribution in [2.24, 2.45) is 4.99 Å². The minimum Gasteiger partial charge on any atom is -0.368 e. The van der Waals surface area contributed by atoms with Crippen molar-refractivity contribution in [2.75, 3.05) is 44.2 Å². The summed E-state index contributed by atoms with van der Waals surface area (Å²) in [6, 6.07) is 12.3. The molecule has 0 atom stereocenters. The Labute approximate surface area is 191 Å². The molecule has 3 rings (SSSR count). The number of aliphatic imine (C=N–C) groups is 1. The van der Waals surface area contributed by atoms with Gasteiger partial charge < -0.3 is 25.0 Å². The standard InChI is InChI=1S/C24H36N6O2/c1-4-19(5-2)22-16-21(32-28-22)17-26-24(25-6-3)27-18-23(31)30-14-12-29(13-15-30)20-10-8-7-9-11-20/h7-11,16,19H,4-6,12-15,17-18H2,1-3H3,(H2,25,26,27). The summed E-state index contributed by atoms with van der Waals surface area (Å²) in [5, 5.41) is 10.6. The van der Waals surface area contributed by atoms with Gasteiger partial charge in [0.2, 0.25) is 5.91 Å². The van der Waals surface area contributed by atoms with Crippen LogP contribution in [0.3, 0.4) is 0 Å². The van der Waals surface area contributed by atoms with E-state index in [1.165, 1.54) is 5.69 Å². The summed E-state index contributed by atoms with van der Waals surface area (Å²) < 4.78 is 5.47. The molecule has 1 aliphatic rings. The van der Waals surface area contributed by atoms with E-state index in [0.717, 1.165) is 37.4 Å². The summed E-state index contributed by atoms with van der Waals surface area (Å²) >= 11 is 0. The van der Waals surface area contributed by atoms with Gasteiger partial charge in [-0.05, 0) is 31.9 Å². The Morgan fingerprint density at radius 2 is 1.81 bits per heavy atom. The molecular formula is C24H36N6O2. The predicted octanol–water partition coefficient (Wildman–Crippen LogP) is 2.98. The molecule has 0 saturated carbocycles. The van der Waals surface area contributed by atoms with E-state index in [4.69, 9.17) is 4.52 Å². The molecule has 1 fully saturated rings. The fourth-order valence-electron chi connectivity index (χ4n) is 3.92. The van der Waals surface area contributed by atoms with Gasteiger partial charge >= 0.3 is 0 Å². The second-order valence-electron chi connectivity index (χ2n) is 7.98. The summed E-state index contributed by atoms with van der Waals surface area (Å²) in [6.07, 6.45) is 2.09. The van der Waals surface area contributed by atoms with Crippen LogP contribution in [0.5, 0.6) is 0 Å². The van der Waals surface area contributed by atoms with E-state index in [-0.39, 0.29) is 12.5 Å². The zero-order valence-electron chi connectivity index (χ0n) is 19.5. The normalized spacial score (nSPS) is 14.7. The number of anilines is 1. The van der Waals surface area contributed by atoms with E-state index >= 15 is 0 Å². The van der Waals surface area contributed by atoms with Gasteiger partial charge in [0, 0.05) is 50.4 Å². The SMILES string of the molecule is CCNC(=NCC(=O)N1CCN(c2ccccc2)CC1)NCc1cc(C(CC)CC)no1. The van der Waals surface area contributed by atoms with Crippen LogP contribution in [0.25, 0.3) is 0 Å². The van der Waals surface area contributed by atoms with Gasteiger partial charge in [-0.1, -0.05) is 37.2 Å². The number of carbonyl (C=O) groups is 1. The largest absolute Gasteiger partial charge is 0.368 e. The summed E-state index contributed by atoms with van der Waals surface area (Å²) in [4.78, 5) is 21.4. The van der Waals surface area contributed by atoms with Crippen LogP contribution in [0.15, 0.2) is 45.9 Å². The Morgan fingerprint density at radius 3 is 2.47 bits per heavy atom. The van der Waals surface area contributed by atoms with E-state index < -0.39 is 0 Å². The van der Waals surface area contributed by atoms with E-state index in [9.17, 15) is 4.79 Å². The molecule has 8 nitrogen and oxygen atoms in total. The minimum atomic E-state index is 0.0469. The van der Waals surface area contributed by atoms with Crippen molar-refractivity contribution in [1.29, 1.82) is 0 Å². The number of hydrogen-bond donors (Lipinski definition) is 2. The second-order valence-corrected chi connectivity index (χ2v) is 7.98. The fraction of sp³-hybridized carbons (Fsp3) is 0.542. The lowest BCUT2D eigenvalue weighted by molar-refractivity contribution is -0.129. The van der Waals surface area contributed by atoms with Gasteiger partial charge in [-0.25, -0.2) is 4.99 Å². The number of amides is 1. The lowest BCUT2D eigenvalue weighted by Gasteiger charge is -2.36. The van der Waals surface area contributed by atoms with Crippen LogP contribution in [0.4, 0.5) is 5.69 Å². The van der Waals surface area contributed by atoms with Crippen LogP contribution < -0.4 is 15.5 Å². The quantitative estimate of drug-likeness (QED) is 0.461. The molecule has 2 N–H and O–H groups in total. The molecule has 2 aromatic rings. The lowest BCUT2D eigenvalue weighted by Crippen LogP contribution is -2.49. The molecule has 0 aliphatic carbocycles. The summed E-state index contributed by atoms with van der Waals surface area (Å²) in [7, 11) is 0. The van der Waals surface area contributed by atoms with Gasteiger partial charge in [0.25, 0.3) is 0 Å². The molecule has 1 saturated heterocycles. The van der Waals surface area contributed by atoms with E-state index in [0.29, 0.717) is 38.1 Å². The lowest BCUT2D eigenvalue weighted by atomic mass is 9.99. The zero-order chi connectivity index (χ0) is 22.8. The van der Waals surface area contributed by atoms with E-state index in [1.807, 2.05) is 36.1 Å². The average Bonchev–Trinajstić information content (AvgIpc) is 3.31. The number of carbonyl (C=O) groups excluding carboxylic acids is 1. The molecule has 2 heterocycles.